The molecule has 0 heterocycles. The molecule has 9 heteroatoms. The zero-order valence-corrected chi connectivity index (χ0v) is 23.7. The first kappa shape index (κ1) is 29.2. The molecule has 0 aliphatic carbocycles. The molecule has 0 aliphatic heterocycles. The molecule has 202 valence electrons. The average molecular weight is 556 g/mol. The van der Waals surface area contributed by atoms with Gasteiger partial charge in [0, 0.05) is 23.5 Å². The highest BCUT2D eigenvalue weighted by Gasteiger charge is 2.34. The number of nitrogens with one attached hydrogen (secondary N) is 1. The molecule has 0 radical (unpaired) electrons. The third-order valence-corrected chi connectivity index (χ3v) is 7.30. The van der Waals surface area contributed by atoms with Crippen molar-refractivity contribution in [1.82, 2.24) is 10.2 Å². The number of halogens is 1. The molecule has 1 atom stereocenters. The minimum absolute atomic E-state index is 0.0277. The fourth-order valence-electron chi connectivity index (χ4n) is 4.02. The summed E-state index contributed by atoms with van der Waals surface area (Å²) in [6.45, 7) is 5.16. The van der Waals surface area contributed by atoms with Crippen LogP contribution >= 0.6 is 11.6 Å². The monoisotopic (exact) mass is 555 g/mol. The summed E-state index contributed by atoms with van der Waals surface area (Å²) in [6, 6.07) is 24.0. The number of nitrogens with zero attached hydrogens (tertiary/aromatic N) is 2. The Morgan fingerprint density at radius 2 is 1.45 bits per heavy atom. The first-order valence-electron chi connectivity index (χ1n) is 12.3. The van der Waals surface area contributed by atoms with E-state index in [1.54, 1.807) is 54.6 Å². The van der Waals surface area contributed by atoms with Crippen molar-refractivity contribution in [3.8, 4) is 0 Å². The van der Waals surface area contributed by atoms with Crippen molar-refractivity contribution in [1.29, 1.82) is 0 Å². The van der Waals surface area contributed by atoms with Crippen LogP contribution in [-0.2, 0) is 32.6 Å². The lowest BCUT2D eigenvalue weighted by Crippen LogP contribution is -2.56. The summed E-state index contributed by atoms with van der Waals surface area (Å²) >= 11 is 6.45. The number of benzene rings is 3. The SMILES string of the molecule is CC(C)(C)NC(=O)[C@H](Cc1ccccc1)N(Cc1ccccc1Cl)C(=O)CN(c1ccccc1)S(C)(=O)=O. The van der Waals surface area contributed by atoms with Crippen LogP contribution in [0, 0.1) is 0 Å². The van der Waals surface area contributed by atoms with Crippen molar-refractivity contribution in [3.05, 3.63) is 101 Å². The van der Waals surface area contributed by atoms with E-state index in [1.165, 1.54) is 4.90 Å². The number of rotatable bonds is 10. The lowest BCUT2D eigenvalue weighted by atomic mass is 10.0. The molecule has 3 rings (SSSR count). The standard InChI is InChI=1S/C29H34ClN3O4S/c1-29(2,3)31-28(35)26(19-22-13-7-5-8-14-22)32(20-23-15-11-12-18-25(23)30)27(34)21-33(38(4,36)37)24-16-9-6-10-17-24/h5-18,26H,19-21H2,1-4H3,(H,31,35)/t26-/m0/s1. The van der Waals surface area contributed by atoms with Gasteiger partial charge in [0.1, 0.15) is 12.6 Å². The molecule has 0 saturated heterocycles. The zero-order valence-electron chi connectivity index (χ0n) is 22.1. The van der Waals surface area contributed by atoms with Crippen LogP contribution in [0.3, 0.4) is 0 Å². The second kappa shape index (κ2) is 12.5. The van der Waals surface area contributed by atoms with E-state index in [1.807, 2.05) is 51.1 Å². The summed E-state index contributed by atoms with van der Waals surface area (Å²) in [5.41, 5.74) is 1.32. The minimum Gasteiger partial charge on any atom is -0.350 e. The normalized spacial score (nSPS) is 12.4. The van der Waals surface area contributed by atoms with E-state index in [-0.39, 0.29) is 18.9 Å². The van der Waals surface area contributed by atoms with Gasteiger partial charge in [-0.15, -0.1) is 0 Å². The van der Waals surface area contributed by atoms with E-state index in [4.69, 9.17) is 11.6 Å². The van der Waals surface area contributed by atoms with Crippen LogP contribution in [-0.4, -0.2) is 49.5 Å². The highest BCUT2D eigenvalue weighted by molar-refractivity contribution is 7.92. The number of carbonyl (C=O) groups excluding carboxylic acids is 2. The van der Waals surface area contributed by atoms with Crippen LogP contribution < -0.4 is 9.62 Å². The van der Waals surface area contributed by atoms with E-state index in [9.17, 15) is 18.0 Å². The Balaban J connectivity index is 2.07. The lowest BCUT2D eigenvalue weighted by molar-refractivity contribution is -0.140. The number of hydrogen-bond donors (Lipinski definition) is 1. The molecule has 0 aliphatic rings. The van der Waals surface area contributed by atoms with Crippen LogP contribution in [0.1, 0.15) is 31.9 Å². The van der Waals surface area contributed by atoms with Gasteiger partial charge in [0.05, 0.1) is 11.9 Å². The van der Waals surface area contributed by atoms with Gasteiger partial charge in [-0.05, 0) is 50.1 Å². The molecule has 3 aromatic rings. The maximum Gasteiger partial charge on any atom is 0.244 e. The fraction of sp³-hybridized carbons (Fsp3) is 0.310. The largest absolute Gasteiger partial charge is 0.350 e. The summed E-state index contributed by atoms with van der Waals surface area (Å²) in [5, 5.41) is 3.44. The Bertz CT molecular complexity index is 1340. The third kappa shape index (κ3) is 8.33. The Kier molecular flexibility index (Phi) is 9.57. The minimum atomic E-state index is -3.80. The van der Waals surface area contributed by atoms with Crippen molar-refractivity contribution in [3.63, 3.8) is 0 Å². The number of sulfonamides is 1. The summed E-state index contributed by atoms with van der Waals surface area (Å²) in [5.74, 6) is -0.864. The Morgan fingerprint density at radius 3 is 2.00 bits per heavy atom. The van der Waals surface area contributed by atoms with Crippen LogP contribution in [0.5, 0.6) is 0 Å². The van der Waals surface area contributed by atoms with Crippen molar-refractivity contribution in [2.75, 3.05) is 17.1 Å². The average Bonchev–Trinajstić information content (AvgIpc) is 2.85. The van der Waals surface area contributed by atoms with E-state index in [2.05, 4.69) is 5.32 Å². The number of amides is 2. The van der Waals surface area contributed by atoms with Crippen LogP contribution in [0.15, 0.2) is 84.9 Å². The van der Waals surface area contributed by atoms with Crippen LogP contribution in [0.25, 0.3) is 0 Å². The van der Waals surface area contributed by atoms with Crippen LogP contribution in [0.4, 0.5) is 5.69 Å². The quantitative estimate of drug-likeness (QED) is 0.394. The maximum absolute atomic E-state index is 14.0. The van der Waals surface area contributed by atoms with Gasteiger partial charge in [0.25, 0.3) is 0 Å². The number of carbonyl (C=O) groups is 2. The van der Waals surface area contributed by atoms with Crippen molar-refractivity contribution < 1.29 is 18.0 Å². The summed E-state index contributed by atoms with van der Waals surface area (Å²) < 4.78 is 26.5. The zero-order chi connectivity index (χ0) is 27.9. The molecule has 0 fully saturated rings. The van der Waals surface area contributed by atoms with Crippen molar-refractivity contribution in [2.45, 2.75) is 45.3 Å². The molecule has 0 aromatic heterocycles. The molecule has 2 amide bonds. The molecule has 0 bridgehead atoms. The fourth-order valence-corrected chi connectivity index (χ4v) is 5.07. The molecular formula is C29H34ClN3O4S. The van der Waals surface area contributed by atoms with E-state index in [0.717, 1.165) is 16.1 Å². The molecule has 0 spiro atoms. The summed E-state index contributed by atoms with van der Waals surface area (Å²) in [4.78, 5) is 29.1. The van der Waals surface area contributed by atoms with Gasteiger partial charge in [-0.1, -0.05) is 78.3 Å². The second-order valence-corrected chi connectivity index (χ2v) is 12.5. The van der Waals surface area contributed by atoms with E-state index >= 15 is 0 Å². The Morgan fingerprint density at radius 1 is 0.895 bits per heavy atom. The number of para-hydroxylation sites is 1. The Hall–Kier alpha value is -3.36. The highest BCUT2D eigenvalue weighted by Crippen LogP contribution is 2.23. The maximum atomic E-state index is 14.0. The molecule has 7 nitrogen and oxygen atoms in total. The van der Waals surface area contributed by atoms with Gasteiger partial charge in [0.2, 0.25) is 21.8 Å². The lowest BCUT2D eigenvalue weighted by Gasteiger charge is -2.35. The van der Waals surface area contributed by atoms with Crippen molar-refractivity contribution >= 4 is 39.1 Å². The first-order chi connectivity index (χ1) is 17.8. The van der Waals surface area contributed by atoms with Gasteiger partial charge in [0.15, 0.2) is 0 Å². The van der Waals surface area contributed by atoms with Crippen molar-refractivity contribution in [2.24, 2.45) is 0 Å². The molecule has 38 heavy (non-hydrogen) atoms. The predicted molar refractivity (Wildman–Crippen MR) is 152 cm³/mol. The number of hydrogen-bond acceptors (Lipinski definition) is 4. The second-order valence-electron chi connectivity index (χ2n) is 10.2. The molecule has 0 saturated carbocycles. The van der Waals surface area contributed by atoms with Gasteiger partial charge in [-0.25, -0.2) is 8.42 Å². The van der Waals surface area contributed by atoms with Crippen LogP contribution in [0.2, 0.25) is 5.02 Å². The smallest absolute Gasteiger partial charge is 0.244 e. The number of anilines is 1. The first-order valence-corrected chi connectivity index (χ1v) is 14.5. The Labute approximate surface area is 230 Å². The van der Waals surface area contributed by atoms with Gasteiger partial charge < -0.3 is 10.2 Å². The molecule has 3 aromatic carbocycles. The summed E-state index contributed by atoms with van der Waals surface area (Å²) in [6.07, 6.45) is 1.29. The van der Waals surface area contributed by atoms with Gasteiger partial charge in [-0.3, -0.25) is 13.9 Å². The van der Waals surface area contributed by atoms with E-state index in [0.29, 0.717) is 16.3 Å². The van der Waals surface area contributed by atoms with E-state index < -0.39 is 34.1 Å². The highest BCUT2D eigenvalue weighted by atomic mass is 35.5. The predicted octanol–water partition coefficient (Wildman–Crippen LogP) is 4.66. The third-order valence-electron chi connectivity index (χ3n) is 5.79. The summed E-state index contributed by atoms with van der Waals surface area (Å²) in [7, 11) is -3.80. The molecule has 1 N–H and O–H groups in total. The topological polar surface area (TPSA) is 86.8 Å². The molecular weight excluding hydrogens is 522 g/mol. The van der Waals surface area contributed by atoms with Gasteiger partial charge in [-0.2, -0.15) is 0 Å². The molecule has 0 unspecified atom stereocenters. The van der Waals surface area contributed by atoms with Gasteiger partial charge >= 0.3 is 0 Å².